The molecule has 5 heterocycles. The average Bonchev–Trinajstić information content (AvgIpc) is 4.13. The Balaban J connectivity index is 1.24. The van der Waals surface area contributed by atoms with Crippen molar-refractivity contribution < 1.29 is 67.9 Å². The van der Waals surface area contributed by atoms with Gasteiger partial charge in [-0.15, -0.1) is 10.2 Å². The van der Waals surface area contributed by atoms with Crippen molar-refractivity contribution in [1.82, 2.24) is 39.8 Å². The summed E-state index contributed by atoms with van der Waals surface area (Å²) in [6.07, 6.45) is -6.42. The smallest absolute Gasteiger partial charge is 0.311 e. The Hall–Kier alpha value is -3.66. The number of carbonyl (C=O) groups is 1. The molecular weight excluding hydrogens is 1030 g/mol. The molecule has 0 bridgehead atoms. The molecule has 448 valence electrons. The molecule has 3 aliphatic rings. The predicted octanol–water partition coefficient (Wildman–Crippen LogP) is 3.78. The molecule has 7 N–H and O–H groups in total. The van der Waals surface area contributed by atoms with Gasteiger partial charge >= 0.3 is 5.97 Å². The summed E-state index contributed by atoms with van der Waals surface area (Å²) < 4.78 is 62.4. The Bertz CT molecular complexity index is 2390. The molecule has 20 atom stereocenters. The van der Waals surface area contributed by atoms with Gasteiger partial charge in [0, 0.05) is 64.3 Å². The Morgan fingerprint density at radius 1 is 0.949 bits per heavy atom. The lowest BCUT2D eigenvalue weighted by atomic mass is 9.77. The monoisotopic (exact) mass is 1120 g/mol. The van der Waals surface area contributed by atoms with Gasteiger partial charge in [0.15, 0.2) is 12.6 Å². The van der Waals surface area contributed by atoms with E-state index in [0.29, 0.717) is 37.3 Å². The van der Waals surface area contributed by atoms with E-state index in [9.17, 15) is 30.3 Å². The van der Waals surface area contributed by atoms with Gasteiger partial charge in [0.2, 0.25) is 0 Å². The van der Waals surface area contributed by atoms with E-state index in [4.69, 9.17) is 38.9 Å². The van der Waals surface area contributed by atoms with Crippen LogP contribution < -0.4 is 5.73 Å². The molecular formula is C56H94FN9O13. The van der Waals surface area contributed by atoms with Crippen LogP contribution in [0.25, 0.3) is 5.69 Å². The van der Waals surface area contributed by atoms with Crippen molar-refractivity contribution in [3.05, 3.63) is 53.6 Å². The minimum Gasteiger partial charge on any atom is -0.459 e. The second-order valence-electron chi connectivity index (χ2n) is 24.4. The number of likely N-dealkylation sites (N-methyl/N-ethyl adjacent to an activating group) is 2. The van der Waals surface area contributed by atoms with Crippen LogP contribution in [-0.4, -0.2) is 210 Å². The standard InChI is InChI=1S/C56H94FN9O13/c1-17-43-56(12,72)48(68)35(6)64(14)28-31(2)25-54(10,71)50(33(4)46(34(5)51(70)77-43)78-44-26-55(11,74-16)49(69)36(7)76-44)79-52-45(67)40(24-32(3)75-52)63(13)23-22-38-29-66(61-59-38)41(27-57)47(73-15)37-18-20-39(21-19-37)65-30-42(60-62-65)53(8,9)58/h18-21,29-36,40-41,43-50,52,67-69,71-72H,17,22-28,58H2,1-16H3/t31-,32-,33+,34-,35-,36+,40+,41-,43-,44+,45-,46+,47-,48-,49+,50-,52+,54-,55-,56-/m1/s1. The van der Waals surface area contributed by atoms with Gasteiger partial charge < -0.3 is 74.2 Å². The van der Waals surface area contributed by atoms with Gasteiger partial charge in [-0.2, -0.15) is 0 Å². The van der Waals surface area contributed by atoms with E-state index in [2.05, 4.69) is 20.6 Å². The maximum atomic E-state index is 15.0. The fourth-order valence-electron chi connectivity index (χ4n) is 12.0. The molecule has 23 heteroatoms. The maximum Gasteiger partial charge on any atom is 0.311 e. The third kappa shape index (κ3) is 14.8. The van der Waals surface area contributed by atoms with Crippen molar-refractivity contribution in [3.63, 3.8) is 0 Å². The zero-order valence-electron chi connectivity index (χ0n) is 49.5. The highest BCUT2D eigenvalue weighted by atomic mass is 19.1. The van der Waals surface area contributed by atoms with Crippen LogP contribution in [0.15, 0.2) is 36.7 Å². The summed E-state index contributed by atoms with van der Waals surface area (Å²) in [5.74, 6) is -2.91. The first-order chi connectivity index (χ1) is 36.9. The fraction of sp³-hybridized carbons (Fsp3) is 0.804. The van der Waals surface area contributed by atoms with Crippen molar-refractivity contribution in [2.24, 2.45) is 23.5 Å². The second-order valence-corrected chi connectivity index (χ2v) is 24.4. The van der Waals surface area contributed by atoms with E-state index in [1.54, 1.807) is 65.5 Å². The Morgan fingerprint density at radius 3 is 2.22 bits per heavy atom. The van der Waals surface area contributed by atoms with E-state index in [0.717, 1.165) is 11.3 Å². The quantitative estimate of drug-likeness (QED) is 0.105. The Kier molecular flexibility index (Phi) is 21.5. The molecule has 2 aromatic heterocycles. The Morgan fingerprint density at radius 2 is 1.62 bits per heavy atom. The molecule has 22 nitrogen and oxygen atoms in total. The number of hydrogen-bond donors (Lipinski definition) is 6. The van der Waals surface area contributed by atoms with E-state index in [-0.39, 0.29) is 25.2 Å². The molecule has 0 unspecified atom stereocenters. The molecule has 6 rings (SSSR count). The first-order valence-corrected chi connectivity index (χ1v) is 28.0. The highest BCUT2D eigenvalue weighted by Crippen LogP contribution is 2.41. The molecule has 0 aliphatic carbocycles. The fourth-order valence-corrected chi connectivity index (χ4v) is 12.0. The van der Waals surface area contributed by atoms with Crippen LogP contribution in [0.1, 0.15) is 138 Å². The minimum atomic E-state index is -1.86. The summed E-state index contributed by atoms with van der Waals surface area (Å²) in [5, 5.41) is 77.1. The highest BCUT2D eigenvalue weighted by Gasteiger charge is 2.53. The lowest BCUT2D eigenvalue weighted by molar-refractivity contribution is -0.318. The molecule has 0 spiro atoms. The molecule has 3 aromatic rings. The average molecular weight is 1120 g/mol. The largest absolute Gasteiger partial charge is 0.459 e. The minimum absolute atomic E-state index is 0.0782. The molecule has 0 saturated carbocycles. The van der Waals surface area contributed by atoms with E-state index in [1.807, 2.05) is 75.9 Å². The normalized spacial score (nSPS) is 37.8. The van der Waals surface area contributed by atoms with Crippen molar-refractivity contribution in [3.8, 4) is 5.69 Å². The van der Waals surface area contributed by atoms with Gasteiger partial charge in [0.05, 0.1) is 64.7 Å². The van der Waals surface area contributed by atoms with Gasteiger partial charge in [-0.1, -0.05) is 43.3 Å². The summed E-state index contributed by atoms with van der Waals surface area (Å²) in [7, 11) is 6.72. The third-order valence-electron chi connectivity index (χ3n) is 17.1. The zero-order valence-corrected chi connectivity index (χ0v) is 49.5. The molecule has 3 aliphatic heterocycles. The number of aliphatic hydroxyl groups excluding tert-OH is 3. The molecule has 1 aromatic carbocycles. The number of halogens is 1. The van der Waals surface area contributed by atoms with Crippen molar-refractivity contribution >= 4 is 5.97 Å². The van der Waals surface area contributed by atoms with Gasteiger partial charge in [0.1, 0.15) is 54.5 Å². The number of alkyl halides is 1. The summed E-state index contributed by atoms with van der Waals surface area (Å²) >= 11 is 0. The van der Waals surface area contributed by atoms with Gasteiger partial charge in [0.25, 0.3) is 0 Å². The number of ether oxygens (including phenoxy) is 7. The SMILES string of the molecule is CC[C@H]1OC(=O)[C@H](C)[C@@H](O[C@H]2C[C@@](C)(OC)[C@@H](O)[C@H](C)O2)[C@H](C)[C@@H](O[C@@H]2O[C@H](C)C[C@H](N(C)CCc3cn([C@H](CF)[C@H](OC)c4ccc(-n5cc(C(C)(C)N)nn5)cc4)nn3)[C@H]2O)[C@](C)(O)C[C@@H](C)CN(C)[C@H](C)[C@@H](O)[C@]1(C)O. The number of carbonyl (C=O) groups excluding carboxylic acids is 1. The maximum absolute atomic E-state index is 15.0. The van der Waals surface area contributed by atoms with Crippen molar-refractivity contribution in [2.45, 2.75) is 223 Å². The van der Waals surface area contributed by atoms with E-state index >= 15 is 4.39 Å². The van der Waals surface area contributed by atoms with Crippen LogP contribution in [0.3, 0.4) is 0 Å². The van der Waals surface area contributed by atoms with Gasteiger partial charge in [-0.3, -0.25) is 4.79 Å². The van der Waals surface area contributed by atoms with E-state index < -0.39 is 132 Å². The Labute approximate surface area is 466 Å². The van der Waals surface area contributed by atoms with Crippen LogP contribution in [0, 0.1) is 17.8 Å². The van der Waals surface area contributed by atoms with Gasteiger partial charge in [-0.25, -0.2) is 13.8 Å². The third-order valence-corrected chi connectivity index (χ3v) is 17.1. The van der Waals surface area contributed by atoms with Crippen LogP contribution in [-0.2, 0) is 49.9 Å². The first kappa shape index (κ1) is 64.5. The molecule has 0 amide bonds. The van der Waals surface area contributed by atoms with Crippen molar-refractivity contribution in [2.75, 3.05) is 48.1 Å². The van der Waals surface area contributed by atoms with E-state index in [1.165, 1.54) is 25.8 Å². The number of esters is 1. The summed E-state index contributed by atoms with van der Waals surface area (Å²) in [5.41, 5.74) is 3.62. The summed E-state index contributed by atoms with van der Waals surface area (Å²) in [4.78, 5) is 18.4. The number of nitrogens with two attached hydrogens (primary N) is 1. The zero-order chi connectivity index (χ0) is 58.7. The molecule has 0 radical (unpaired) electrons. The number of rotatable bonds is 17. The highest BCUT2D eigenvalue weighted by molar-refractivity contribution is 5.73. The number of aromatic nitrogens is 6. The summed E-state index contributed by atoms with van der Waals surface area (Å²) in [6.45, 7) is 21.1. The number of hydrogen-bond acceptors (Lipinski definition) is 20. The predicted molar refractivity (Wildman–Crippen MR) is 290 cm³/mol. The summed E-state index contributed by atoms with van der Waals surface area (Å²) in [6, 6.07) is 5.45. The number of cyclic esters (lactones) is 1. The van der Waals surface area contributed by atoms with Crippen LogP contribution >= 0.6 is 0 Å². The topological polar surface area (TPSA) is 277 Å². The van der Waals surface area contributed by atoms with Crippen LogP contribution in [0.4, 0.5) is 4.39 Å². The first-order valence-electron chi connectivity index (χ1n) is 28.0. The molecule has 3 fully saturated rings. The van der Waals surface area contributed by atoms with Crippen molar-refractivity contribution in [1.29, 1.82) is 0 Å². The molecule has 79 heavy (non-hydrogen) atoms. The number of nitrogens with zero attached hydrogens (tertiary/aromatic N) is 8. The number of methoxy groups -OCH3 is 2. The number of benzene rings is 1. The lowest BCUT2D eigenvalue weighted by Crippen LogP contribution is -2.61. The number of aliphatic hydroxyl groups is 5. The lowest BCUT2D eigenvalue weighted by Gasteiger charge is -2.49. The second kappa shape index (κ2) is 26.3. The van der Waals surface area contributed by atoms with Crippen LogP contribution in [0.2, 0.25) is 0 Å². The molecule has 3 saturated heterocycles. The van der Waals surface area contributed by atoms with Crippen LogP contribution in [0.5, 0.6) is 0 Å². The van der Waals surface area contributed by atoms with Gasteiger partial charge in [-0.05, 0) is 119 Å².